The maximum atomic E-state index is 12.2. The fourth-order valence-corrected chi connectivity index (χ4v) is 2.74. The van der Waals surface area contributed by atoms with Gasteiger partial charge < -0.3 is 9.30 Å². The molecule has 0 unspecified atom stereocenters. The van der Waals surface area contributed by atoms with Crippen LogP contribution in [0, 0.1) is 5.92 Å². The monoisotopic (exact) mass is 314 g/mol. The first kappa shape index (κ1) is 16.0. The smallest absolute Gasteiger partial charge is 0.354 e. The molecule has 0 spiro atoms. The first-order chi connectivity index (χ1) is 9.79. The maximum absolute atomic E-state index is 12.2. The molecule has 1 fully saturated rings. The minimum atomic E-state index is -3.82. The van der Waals surface area contributed by atoms with Crippen LogP contribution < -0.4 is 5.14 Å². The molecule has 0 amide bonds. The summed E-state index contributed by atoms with van der Waals surface area (Å²) in [5.74, 6) is -0.0475. The van der Waals surface area contributed by atoms with Crippen LogP contribution in [0.5, 0.6) is 0 Å². The average Bonchev–Trinajstić information content (AvgIpc) is 2.70. The Labute approximate surface area is 125 Å². The molecule has 1 saturated carbocycles. The van der Waals surface area contributed by atoms with Gasteiger partial charge in [0.25, 0.3) is 0 Å². The molecule has 1 aromatic rings. The summed E-state index contributed by atoms with van der Waals surface area (Å²) >= 11 is 0. The van der Waals surface area contributed by atoms with Gasteiger partial charge in [-0.2, -0.15) is 0 Å². The number of hydrogen-bond acceptors (Lipinski definition) is 4. The zero-order valence-corrected chi connectivity index (χ0v) is 13.2. The molecule has 21 heavy (non-hydrogen) atoms. The third-order valence-electron chi connectivity index (χ3n) is 3.76. The van der Waals surface area contributed by atoms with Gasteiger partial charge in [0.2, 0.25) is 10.0 Å². The summed E-state index contributed by atoms with van der Waals surface area (Å²) in [7, 11) is -3.82. The van der Waals surface area contributed by atoms with E-state index in [0.29, 0.717) is 12.5 Å². The number of rotatable bonds is 6. The summed E-state index contributed by atoms with van der Waals surface area (Å²) in [5.41, 5.74) is 0.271. The fraction of sp³-hybridized carbons (Fsp3) is 0.643. The van der Waals surface area contributed by atoms with Gasteiger partial charge in [-0.25, -0.2) is 18.4 Å². The second-order valence-electron chi connectivity index (χ2n) is 5.92. The number of carbonyl (C=O) groups excluding carboxylic acids is 1. The van der Waals surface area contributed by atoms with Crippen LogP contribution in [0.1, 0.15) is 56.1 Å². The third-order valence-corrected chi connectivity index (χ3v) is 4.64. The molecular formula is C14H22N2O4S. The van der Waals surface area contributed by atoms with Crippen LogP contribution in [-0.4, -0.2) is 25.6 Å². The van der Waals surface area contributed by atoms with Crippen LogP contribution in [0.2, 0.25) is 0 Å². The van der Waals surface area contributed by atoms with E-state index in [0.717, 1.165) is 25.7 Å². The lowest BCUT2D eigenvalue weighted by Gasteiger charge is -2.28. The number of hydrogen-bond donors (Lipinski definition) is 1. The third kappa shape index (κ3) is 3.85. The maximum Gasteiger partial charge on any atom is 0.354 e. The van der Waals surface area contributed by atoms with Crippen molar-refractivity contribution >= 4 is 16.0 Å². The number of aromatic nitrogens is 1. The molecule has 0 atom stereocenters. The average molecular weight is 314 g/mol. The van der Waals surface area contributed by atoms with Gasteiger partial charge in [0.1, 0.15) is 10.6 Å². The van der Waals surface area contributed by atoms with E-state index in [9.17, 15) is 13.2 Å². The first-order valence-corrected chi connectivity index (χ1v) is 8.75. The SMILES string of the molecule is CC(C)CCOC(=O)c1cc(S(N)(=O)=O)cn1C1CCC1. The van der Waals surface area contributed by atoms with E-state index < -0.39 is 16.0 Å². The fourth-order valence-electron chi connectivity index (χ4n) is 2.20. The Morgan fingerprint density at radius 3 is 2.62 bits per heavy atom. The molecule has 1 heterocycles. The lowest BCUT2D eigenvalue weighted by molar-refractivity contribution is 0.0469. The molecular weight excluding hydrogens is 292 g/mol. The number of sulfonamides is 1. The topological polar surface area (TPSA) is 91.4 Å². The second-order valence-corrected chi connectivity index (χ2v) is 7.48. The Bertz CT molecular complexity index is 615. The molecule has 118 valence electrons. The van der Waals surface area contributed by atoms with Crippen LogP contribution in [0.25, 0.3) is 0 Å². The molecule has 2 rings (SSSR count). The summed E-state index contributed by atoms with van der Waals surface area (Å²) in [6.07, 6.45) is 5.17. The van der Waals surface area contributed by atoms with Gasteiger partial charge in [-0.05, 0) is 37.7 Å². The molecule has 0 aromatic carbocycles. The predicted molar refractivity (Wildman–Crippen MR) is 78.4 cm³/mol. The van der Waals surface area contributed by atoms with Gasteiger partial charge in [-0.15, -0.1) is 0 Å². The molecule has 0 bridgehead atoms. The Kier molecular flexibility index (Phi) is 4.73. The van der Waals surface area contributed by atoms with Crippen LogP contribution in [-0.2, 0) is 14.8 Å². The van der Waals surface area contributed by atoms with E-state index in [4.69, 9.17) is 9.88 Å². The highest BCUT2D eigenvalue weighted by Gasteiger charge is 2.27. The van der Waals surface area contributed by atoms with Crippen LogP contribution >= 0.6 is 0 Å². The molecule has 1 aromatic heterocycles. The van der Waals surface area contributed by atoms with E-state index in [2.05, 4.69) is 0 Å². The number of nitrogens with zero attached hydrogens (tertiary/aromatic N) is 1. The Hall–Kier alpha value is -1.34. The zero-order chi connectivity index (χ0) is 15.6. The van der Waals surface area contributed by atoms with E-state index in [1.165, 1.54) is 12.3 Å². The number of carbonyl (C=O) groups is 1. The van der Waals surface area contributed by atoms with Crippen molar-refractivity contribution in [3.63, 3.8) is 0 Å². The first-order valence-electron chi connectivity index (χ1n) is 7.21. The number of nitrogens with two attached hydrogens (primary N) is 1. The van der Waals surface area contributed by atoms with E-state index >= 15 is 0 Å². The molecule has 6 nitrogen and oxygen atoms in total. The highest BCUT2D eigenvalue weighted by molar-refractivity contribution is 7.89. The summed E-state index contributed by atoms with van der Waals surface area (Å²) in [5, 5.41) is 5.15. The lowest BCUT2D eigenvalue weighted by Crippen LogP contribution is -2.21. The Morgan fingerprint density at radius 1 is 1.48 bits per heavy atom. The van der Waals surface area contributed by atoms with Gasteiger partial charge in [0.05, 0.1) is 6.61 Å². The lowest BCUT2D eigenvalue weighted by atomic mass is 9.93. The summed E-state index contributed by atoms with van der Waals surface area (Å²) in [6.45, 7) is 4.42. The molecule has 0 aliphatic heterocycles. The van der Waals surface area contributed by atoms with Gasteiger partial charge in [-0.3, -0.25) is 0 Å². The minimum absolute atomic E-state index is 0.0368. The van der Waals surface area contributed by atoms with Crippen molar-refractivity contribution in [1.82, 2.24) is 4.57 Å². The van der Waals surface area contributed by atoms with E-state index in [1.54, 1.807) is 4.57 Å². The van der Waals surface area contributed by atoms with Crippen molar-refractivity contribution in [3.8, 4) is 0 Å². The van der Waals surface area contributed by atoms with Crippen LogP contribution in [0.3, 0.4) is 0 Å². The number of esters is 1. The highest BCUT2D eigenvalue weighted by atomic mass is 32.2. The van der Waals surface area contributed by atoms with Crippen LogP contribution in [0.4, 0.5) is 0 Å². The molecule has 0 radical (unpaired) electrons. The summed E-state index contributed by atoms with van der Waals surface area (Å²) < 4.78 is 29.9. The normalized spacial score (nSPS) is 16.0. The van der Waals surface area contributed by atoms with E-state index in [1.807, 2.05) is 13.8 Å². The van der Waals surface area contributed by atoms with Crippen molar-refractivity contribution in [2.24, 2.45) is 11.1 Å². The quantitative estimate of drug-likeness (QED) is 0.814. The second kappa shape index (κ2) is 6.19. The summed E-state index contributed by atoms with van der Waals surface area (Å²) in [4.78, 5) is 12.1. The molecule has 1 aliphatic rings. The minimum Gasteiger partial charge on any atom is -0.461 e. The van der Waals surface area contributed by atoms with Crippen LogP contribution in [0.15, 0.2) is 17.2 Å². The van der Waals surface area contributed by atoms with Gasteiger partial charge >= 0.3 is 5.97 Å². The summed E-state index contributed by atoms with van der Waals surface area (Å²) in [6, 6.07) is 1.47. The zero-order valence-electron chi connectivity index (χ0n) is 12.4. The molecule has 0 saturated heterocycles. The number of ether oxygens (including phenoxy) is 1. The van der Waals surface area contributed by atoms with Crippen molar-refractivity contribution in [1.29, 1.82) is 0 Å². The molecule has 1 aliphatic carbocycles. The highest BCUT2D eigenvalue weighted by Crippen LogP contribution is 2.34. The predicted octanol–water partition coefficient (Wildman–Crippen LogP) is 2.06. The number of primary sulfonamides is 1. The van der Waals surface area contributed by atoms with Crippen molar-refractivity contribution in [3.05, 3.63) is 18.0 Å². The van der Waals surface area contributed by atoms with Crippen molar-refractivity contribution in [2.45, 2.75) is 50.5 Å². The Morgan fingerprint density at radius 2 is 2.14 bits per heavy atom. The molecule has 2 N–H and O–H groups in total. The largest absolute Gasteiger partial charge is 0.461 e. The molecule has 7 heteroatoms. The van der Waals surface area contributed by atoms with E-state index in [-0.39, 0.29) is 16.6 Å². The van der Waals surface area contributed by atoms with Gasteiger partial charge in [0, 0.05) is 12.2 Å². The van der Waals surface area contributed by atoms with Crippen molar-refractivity contribution < 1.29 is 17.9 Å². The van der Waals surface area contributed by atoms with Crippen molar-refractivity contribution in [2.75, 3.05) is 6.61 Å². The Balaban J connectivity index is 2.20. The van der Waals surface area contributed by atoms with Gasteiger partial charge in [0.15, 0.2) is 0 Å². The van der Waals surface area contributed by atoms with Gasteiger partial charge in [-0.1, -0.05) is 13.8 Å². The standard InChI is InChI=1S/C14H22N2O4S/c1-10(2)6-7-20-14(17)13-8-12(21(15,18)19)9-16(13)11-4-3-5-11/h8-11H,3-7H2,1-2H3,(H2,15,18,19).